The second-order valence-electron chi connectivity index (χ2n) is 6.60. The summed E-state index contributed by atoms with van der Waals surface area (Å²) in [7, 11) is 1.56. The van der Waals surface area contributed by atoms with E-state index in [0.717, 1.165) is 18.8 Å². The third-order valence-corrected chi connectivity index (χ3v) is 6.14. The highest BCUT2D eigenvalue weighted by molar-refractivity contribution is 7.14. The average Bonchev–Trinajstić information content (AvgIpc) is 3.09. The maximum Gasteiger partial charge on any atom is 0.281 e. The number of methoxy groups -OCH3 is 1. The number of thiophene rings is 1. The van der Waals surface area contributed by atoms with Gasteiger partial charge in [-0.25, -0.2) is 5.43 Å². The number of benzene rings is 1. The number of phenolic OH excluding ortho intramolecular Hbond substituents is 1. The van der Waals surface area contributed by atoms with Crippen molar-refractivity contribution >= 4 is 23.0 Å². The summed E-state index contributed by atoms with van der Waals surface area (Å²) in [6, 6.07) is 6.91. The predicted molar refractivity (Wildman–Crippen MR) is 104 cm³/mol. The lowest BCUT2D eigenvalue weighted by molar-refractivity contribution is 0.0958. The number of ether oxygens (including phenoxy) is 1. The molecule has 0 saturated carbocycles. The van der Waals surface area contributed by atoms with E-state index in [0.29, 0.717) is 21.9 Å². The second-order valence-corrected chi connectivity index (χ2v) is 7.73. The fourth-order valence-corrected chi connectivity index (χ4v) is 4.34. The molecule has 5 nitrogen and oxygen atoms in total. The van der Waals surface area contributed by atoms with Gasteiger partial charge in [0.15, 0.2) is 0 Å². The molecule has 2 N–H and O–H groups in total. The number of carbonyl (C=O) groups is 1. The number of rotatable bonds is 5. The molecule has 2 aromatic rings. The minimum absolute atomic E-state index is 0.0958. The maximum atomic E-state index is 12.5. The van der Waals surface area contributed by atoms with Gasteiger partial charge in [-0.15, -0.1) is 11.3 Å². The first-order valence-electron chi connectivity index (χ1n) is 8.85. The molecule has 1 aliphatic carbocycles. The Bertz CT molecular complexity index is 842. The molecule has 0 fully saturated rings. The smallest absolute Gasteiger partial charge is 0.281 e. The van der Waals surface area contributed by atoms with Crippen LogP contribution in [-0.2, 0) is 12.8 Å². The Morgan fingerprint density at radius 1 is 1.42 bits per heavy atom. The molecule has 0 saturated heterocycles. The Hall–Kier alpha value is -2.34. The summed E-state index contributed by atoms with van der Waals surface area (Å²) in [5.74, 6) is 1.23. The second kappa shape index (κ2) is 7.91. The third kappa shape index (κ3) is 3.90. The number of phenols is 1. The van der Waals surface area contributed by atoms with Crippen molar-refractivity contribution in [3.8, 4) is 11.5 Å². The summed E-state index contributed by atoms with van der Waals surface area (Å²) < 4.78 is 5.17. The van der Waals surface area contributed by atoms with E-state index >= 15 is 0 Å². The Kier molecular flexibility index (Phi) is 5.61. The molecular formula is C20H24N2O3S. The first kappa shape index (κ1) is 18.5. The molecule has 1 atom stereocenters. The number of nitrogens with zero attached hydrogens (tertiary/aromatic N) is 1. The van der Waals surface area contributed by atoms with Gasteiger partial charge >= 0.3 is 0 Å². The number of nitrogens with one attached hydrogen (secondary N) is 1. The van der Waals surface area contributed by atoms with Crippen LogP contribution in [0.4, 0.5) is 0 Å². The first-order chi connectivity index (χ1) is 12.5. The van der Waals surface area contributed by atoms with E-state index < -0.39 is 0 Å². The number of aryl methyl sites for hydroxylation is 1. The largest absolute Gasteiger partial charge is 0.507 e. The van der Waals surface area contributed by atoms with E-state index in [4.69, 9.17) is 4.74 Å². The van der Waals surface area contributed by atoms with Crippen molar-refractivity contribution in [3.05, 3.63) is 45.1 Å². The molecule has 1 unspecified atom stereocenters. The van der Waals surface area contributed by atoms with Gasteiger partial charge in [-0.3, -0.25) is 4.79 Å². The van der Waals surface area contributed by atoms with Crippen LogP contribution in [0, 0.1) is 5.92 Å². The quantitative estimate of drug-likeness (QED) is 0.612. The molecule has 0 bridgehead atoms. The van der Waals surface area contributed by atoms with Crippen LogP contribution >= 0.6 is 11.3 Å². The van der Waals surface area contributed by atoms with Gasteiger partial charge in [-0.1, -0.05) is 13.3 Å². The number of hydrogen-bond acceptors (Lipinski definition) is 5. The van der Waals surface area contributed by atoms with Gasteiger partial charge in [-0.05, 0) is 61.9 Å². The van der Waals surface area contributed by atoms with Gasteiger partial charge in [0, 0.05) is 10.4 Å². The molecule has 138 valence electrons. The zero-order valence-corrected chi connectivity index (χ0v) is 16.2. The van der Waals surface area contributed by atoms with Crippen LogP contribution in [0.3, 0.4) is 0 Å². The van der Waals surface area contributed by atoms with Crippen molar-refractivity contribution in [1.29, 1.82) is 0 Å². The normalized spacial score (nSPS) is 16.9. The fourth-order valence-electron chi connectivity index (χ4n) is 3.24. The third-order valence-electron chi connectivity index (χ3n) is 4.90. The van der Waals surface area contributed by atoms with E-state index in [1.54, 1.807) is 43.6 Å². The van der Waals surface area contributed by atoms with Crippen molar-refractivity contribution in [3.63, 3.8) is 0 Å². The van der Waals surface area contributed by atoms with E-state index in [1.807, 2.05) is 6.07 Å². The van der Waals surface area contributed by atoms with Gasteiger partial charge in [0.25, 0.3) is 5.91 Å². The summed E-state index contributed by atoms with van der Waals surface area (Å²) in [6.45, 7) is 3.96. The Morgan fingerprint density at radius 3 is 2.96 bits per heavy atom. The summed E-state index contributed by atoms with van der Waals surface area (Å²) in [5, 5.41) is 14.1. The van der Waals surface area contributed by atoms with Gasteiger partial charge in [-0.2, -0.15) is 5.10 Å². The molecule has 6 heteroatoms. The summed E-state index contributed by atoms with van der Waals surface area (Å²) in [6.07, 6.45) is 4.52. The van der Waals surface area contributed by atoms with Gasteiger partial charge in [0.05, 0.1) is 17.7 Å². The topological polar surface area (TPSA) is 70.9 Å². The number of carbonyl (C=O) groups excluding carboxylic acids is 1. The molecule has 0 spiro atoms. The van der Waals surface area contributed by atoms with Gasteiger partial charge in [0.1, 0.15) is 11.5 Å². The summed E-state index contributed by atoms with van der Waals surface area (Å²) in [5.41, 5.74) is 4.96. The molecule has 1 aromatic heterocycles. The monoisotopic (exact) mass is 372 g/mol. The van der Waals surface area contributed by atoms with Gasteiger partial charge in [0.2, 0.25) is 0 Å². The predicted octanol–water partition coefficient (Wildman–Crippen LogP) is 4.13. The van der Waals surface area contributed by atoms with Crippen LogP contribution in [0.2, 0.25) is 0 Å². The van der Waals surface area contributed by atoms with Gasteiger partial charge < -0.3 is 9.84 Å². The molecule has 0 radical (unpaired) electrons. The Labute approximate surface area is 157 Å². The number of amides is 1. The van der Waals surface area contributed by atoms with Crippen LogP contribution in [-0.4, -0.2) is 23.8 Å². The van der Waals surface area contributed by atoms with E-state index in [1.165, 1.54) is 23.3 Å². The zero-order chi connectivity index (χ0) is 18.7. The molecule has 26 heavy (non-hydrogen) atoms. The summed E-state index contributed by atoms with van der Waals surface area (Å²) in [4.78, 5) is 14.5. The van der Waals surface area contributed by atoms with E-state index in [2.05, 4.69) is 17.5 Å². The Morgan fingerprint density at radius 2 is 2.23 bits per heavy atom. The highest BCUT2D eigenvalue weighted by atomic mass is 32.1. The number of hydrogen-bond donors (Lipinski definition) is 2. The molecular weight excluding hydrogens is 348 g/mol. The van der Waals surface area contributed by atoms with Crippen LogP contribution in [0.5, 0.6) is 11.5 Å². The van der Waals surface area contributed by atoms with Crippen molar-refractivity contribution in [2.75, 3.05) is 7.11 Å². The van der Waals surface area contributed by atoms with Crippen molar-refractivity contribution in [1.82, 2.24) is 5.43 Å². The molecule has 3 rings (SSSR count). The van der Waals surface area contributed by atoms with Crippen molar-refractivity contribution < 1.29 is 14.6 Å². The lowest BCUT2D eigenvalue weighted by atomic mass is 9.87. The van der Waals surface area contributed by atoms with E-state index in [-0.39, 0.29) is 11.7 Å². The van der Waals surface area contributed by atoms with Crippen LogP contribution in [0.1, 0.15) is 52.4 Å². The van der Waals surface area contributed by atoms with Crippen LogP contribution in [0.25, 0.3) is 0 Å². The molecule has 1 amide bonds. The Balaban J connectivity index is 1.72. The van der Waals surface area contributed by atoms with Crippen molar-refractivity contribution in [2.24, 2.45) is 11.0 Å². The number of aromatic hydroxyl groups is 1. The first-order valence-corrected chi connectivity index (χ1v) is 9.67. The molecule has 1 aromatic carbocycles. The molecule has 1 heterocycles. The van der Waals surface area contributed by atoms with E-state index in [9.17, 15) is 9.90 Å². The fraction of sp³-hybridized carbons (Fsp3) is 0.400. The highest BCUT2D eigenvalue weighted by Gasteiger charge is 2.22. The summed E-state index contributed by atoms with van der Waals surface area (Å²) >= 11 is 1.56. The van der Waals surface area contributed by atoms with Crippen molar-refractivity contribution in [2.45, 2.75) is 39.5 Å². The minimum atomic E-state index is -0.209. The van der Waals surface area contributed by atoms with Crippen LogP contribution < -0.4 is 10.2 Å². The lowest BCUT2D eigenvalue weighted by Gasteiger charge is -2.19. The average molecular weight is 372 g/mol. The SMILES string of the molecule is CCC1CCc2sc(C(=O)N/N=C(\C)c3cc(OC)ccc3O)cc2C1. The zero-order valence-electron chi connectivity index (χ0n) is 15.3. The van der Waals surface area contributed by atoms with Crippen LogP contribution in [0.15, 0.2) is 29.4 Å². The number of fused-ring (bicyclic) bond motifs is 1. The minimum Gasteiger partial charge on any atom is -0.507 e. The standard InChI is InChI=1S/C20H24N2O3S/c1-4-13-5-8-18-14(9-13)10-19(26-18)20(24)22-21-12(2)16-11-15(25-3)6-7-17(16)23/h6-7,10-11,13,23H,4-5,8-9H2,1-3H3,(H,22,24)/b21-12+. The highest BCUT2D eigenvalue weighted by Crippen LogP contribution is 2.33. The number of hydrazone groups is 1. The maximum absolute atomic E-state index is 12.5. The molecule has 0 aliphatic heterocycles. The lowest BCUT2D eigenvalue weighted by Crippen LogP contribution is -2.18. The molecule has 1 aliphatic rings.